The number of carbonyl (C=O) groups excluding carboxylic acids is 1. The second-order valence-electron chi connectivity index (χ2n) is 5.58. The number of anilines is 1. The zero-order valence-electron chi connectivity index (χ0n) is 12.4. The molecule has 1 aromatic heterocycles. The van der Waals surface area contributed by atoms with Crippen LogP contribution in [-0.2, 0) is 4.79 Å². The lowest BCUT2D eigenvalue weighted by Gasteiger charge is -2.15. The van der Waals surface area contributed by atoms with Crippen LogP contribution in [0.2, 0.25) is 10.0 Å². The summed E-state index contributed by atoms with van der Waals surface area (Å²) in [6.07, 6.45) is 2.15. The van der Waals surface area contributed by atoms with Crippen molar-refractivity contribution in [3.8, 4) is 0 Å². The summed E-state index contributed by atoms with van der Waals surface area (Å²) in [7, 11) is 0. The summed E-state index contributed by atoms with van der Waals surface area (Å²) in [6.45, 7) is 1.62. The molecule has 7 heteroatoms. The molecule has 1 saturated carbocycles. The van der Waals surface area contributed by atoms with Crippen LogP contribution in [0, 0.1) is 0 Å². The van der Waals surface area contributed by atoms with Gasteiger partial charge < -0.3 is 5.32 Å². The highest BCUT2D eigenvalue weighted by Crippen LogP contribution is 2.38. The average molecular weight is 352 g/mol. The van der Waals surface area contributed by atoms with E-state index in [4.69, 9.17) is 23.2 Å². The molecule has 1 N–H and O–H groups in total. The van der Waals surface area contributed by atoms with E-state index >= 15 is 0 Å². The van der Waals surface area contributed by atoms with E-state index in [2.05, 4.69) is 10.4 Å². The summed E-state index contributed by atoms with van der Waals surface area (Å²) in [4.78, 5) is 24.4. The van der Waals surface area contributed by atoms with Crippen molar-refractivity contribution in [2.24, 2.45) is 0 Å². The minimum atomic E-state index is -0.753. The lowest BCUT2D eigenvalue weighted by atomic mass is 10.2. The van der Waals surface area contributed by atoms with Gasteiger partial charge in [0.2, 0.25) is 5.91 Å². The Labute approximate surface area is 143 Å². The highest BCUT2D eigenvalue weighted by molar-refractivity contribution is 6.44. The van der Waals surface area contributed by atoms with Crippen LogP contribution in [0.1, 0.15) is 37.4 Å². The van der Waals surface area contributed by atoms with Crippen molar-refractivity contribution >= 4 is 34.8 Å². The van der Waals surface area contributed by atoms with Crippen molar-refractivity contribution in [3.63, 3.8) is 0 Å². The topological polar surface area (TPSA) is 64.0 Å². The van der Waals surface area contributed by atoms with Crippen LogP contribution >= 0.6 is 23.2 Å². The maximum Gasteiger partial charge on any atom is 0.267 e. The molecule has 1 fully saturated rings. The van der Waals surface area contributed by atoms with Gasteiger partial charge in [0.25, 0.3) is 5.56 Å². The Morgan fingerprint density at radius 3 is 2.74 bits per heavy atom. The van der Waals surface area contributed by atoms with Crippen molar-refractivity contribution in [1.82, 2.24) is 9.78 Å². The van der Waals surface area contributed by atoms with Crippen molar-refractivity contribution in [3.05, 3.63) is 56.4 Å². The van der Waals surface area contributed by atoms with E-state index < -0.39 is 6.04 Å². The number of aromatic nitrogens is 2. The van der Waals surface area contributed by atoms with Gasteiger partial charge in [0.1, 0.15) is 6.04 Å². The first-order valence-electron chi connectivity index (χ1n) is 7.32. The van der Waals surface area contributed by atoms with Gasteiger partial charge in [0.05, 0.1) is 21.4 Å². The molecule has 5 nitrogen and oxygen atoms in total. The maximum absolute atomic E-state index is 12.4. The second-order valence-corrected chi connectivity index (χ2v) is 6.37. The number of rotatable bonds is 4. The molecule has 1 aliphatic carbocycles. The molecule has 0 bridgehead atoms. The number of amides is 1. The fourth-order valence-electron chi connectivity index (χ4n) is 2.26. The zero-order valence-corrected chi connectivity index (χ0v) is 13.9. The molecule has 1 aliphatic rings. The number of hydrogen-bond donors (Lipinski definition) is 1. The molecule has 1 atom stereocenters. The van der Waals surface area contributed by atoms with Gasteiger partial charge in [-0.2, -0.15) is 5.10 Å². The summed E-state index contributed by atoms with van der Waals surface area (Å²) >= 11 is 12.0. The average Bonchev–Trinajstić information content (AvgIpc) is 3.36. The van der Waals surface area contributed by atoms with E-state index in [9.17, 15) is 9.59 Å². The Morgan fingerprint density at radius 1 is 1.30 bits per heavy atom. The van der Waals surface area contributed by atoms with Crippen LogP contribution in [0.5, 0.6) is 0 Å². The lowest BCUT2D eigenvalue weighted by molar-refractivity contribution is -0.119. The third kappa shape index (κ3) is 3.41. The lowest BCUT2D eigenvalue weighted by Crippen LogP contribution is -2.33. The van der Waals surface area contributed by atoms with Gasteiger partial charge in [-0.15, -0.1) is 0 Å². The quantitative estimate of drug-likeness (QED) is 0.914. The number of halogens is 2. The third-order valence-corrected chi connectivity index (χ3v) is 4.62. The first-order valence-corrected chi connectivity index (χ1v) is 8.07. The van der Waals surface area contributed by atoms with E-state index in [0.29, 0.717) is 16.6 Å². The van der Waals surface area contributed by atoms with Crippen molar-refractivity contribution in [1.29, 1.82) is 0 Å². The molecule has 0 radical (unpaired) electrons. The Morgan fingerprint density at radius 2 is 2.04 bits per heavy atom. The summed E-state index contributed by atoms with van der Waals surface area (Å²) < 4.78 is 1.21. The molecule has 0 aliphatic heterocycles. The van der Waals surface area contributed by atoms with Crippen LogP contribution in [0.4, 0.5) is 5.69 Å². The monoisotopic (exact) mass is 351 g/mol. The van der Waals surface area contributed by atoms with Crippen molar-refractivity contribution in [2.75, 3.05) is 5.32 Å². The first-order chi connectivity index (χ1) is 11.0. The Balaban J connectivity index is 1.83. The fourth-order valence-corrected chi connectivity index (χ4v) is 2.61. The number of nitrogens with zero attached hydrogens (tertiary/aromatic N) is 2. The van der Waals surface area contributed by atoms with E-state index in [1.807, 2.05) is 0 Å². The van der Waals surface area contributed by atoms with Crippen LogP contribution in [-0.4, -0.2) is 15.7 Å². The van der Waals surface area contributed by atoms with E-state index in [1.54, 1.807) is 31.2 Å². The summed E-state index contributed by atoms with van der Waals surface area (Å²) in [5.41, 5.74) is 0.946. The predicted molar refractivity (Wildman–Crippen MR) is 90.3 cm³/mol. The van der Waals surface area contributed by atoms with Gasteiger partial charge in [-0.25, -0.2) is 4.68 Å². The normalized spacial score (nSPS) is 15.3. The number of nitrogens with one attached hydrogen (secondary N) is 1. The predicted octanol–water partition coefficient (Wildman–Crippen LogP) is 3.63. The van der Waals surface area contributed by atoms with Crippen LogP contribution in [0.3, 0.4) is 0 Å². The Hall–Kier alpha value is -1.85. The van der Waals surface area contributed by atoms with Crippen LogP contribution in [0.25, 0.3) is 0 Å². The van der Waals surface area contributed by atoms with Crippen molar-refractivity contribution < 1.29 is 4.79 Å². The van der Waals surface area contributed by atoms with Gasteiger partial charge in [0, 0.05) is 12.0 Å². The summed E-state index contributed by atoms with van der Waals surface area (Å²) in [6, 6.07) is 7.40. The van der Waals surface area contributed by atoms with Crippen LogP contribution < -0.4 is 10.9 Å². The molecule has 2 aromatic rings. The molecule has 3 rings (SSSR count). The molecule has 1 heterocycles. The molecule has 0 spiro atoms. The molecule has 1 aromatic carbocycles. The van der Waals surface area contributed by atoms with Gasteiger partial charge >= 0.3 is 0 Å². The molecule has 1 amide bonds. The Kier molecular flexibility index (Phi) is 4.41. The molecular weight excluding hydrogens is 337 g/mol. The summed E-state index contributed by atoms with van der Waals surface area (Å²) in [5.74, 6) is 0.0243. The molecular formula is C16H15Cl2N3O2. The van der Waals surface area contributed by atoms with Gasteiger partial charge in [-0.1, -0.05) is 29.3 Å². The fraction of sp³-hybridized carbons (Fsp3) is 0.312. The van der Waals surface area contributed by atoms with Gasteiger partial charge in [-0.05, 0) is 38.0 Å². The number of benzene rings is 1. The van der Waals surface area contributed by atoms with Crippen LogP contribution in [0.15, 0.2) is 35.1 Å². The molecule has 1 unspecified atom stereocenters. The van der Waals surface area contributed by atoms with Gasteiger partial charge in [-0.3, -0.25) is 9.59 Å². The maximum atomic E-state index is 12.4. The SMILES string of the molecule is CC(C(=O)Nc1cccc(Cl)c1Cl)n1nc(C2CC2)ccc1=O. The third-order valence-electron chi connectivity index (χ3n) is 3.80. The molecule has 23 heavy (non-hydrogen) atoms. The molecule has 0 saturated heterocycles. The van der Waals surface area contributed by atoms with Gasteiger partial charge in [0.15, 0.2) is 0 Å². The zero-order chi connectivity index (χ0) is 16.6. The Bertz CT molecular complexity index is 815. The standard InChI is InChI=1S/C16H15Cl2N3O2/c1-9(16(23)19-13-4-2-3-11(17)15(13)18)21-14(22)8-7-12(20-21)10-5-6-10/h2-4,7-10H,5-6H2,1H3,(H,19,23). The highest BCUT2D eigenvalue weighted by atomic mass is 35.5. The first kappa shape index (κ1) is 16.0. The van der Waals surface area contributed by atoms with E-state index in [1.165, 1.54) is 10.7 Å². The smallest absolute Gasteiger partial charge is 0.267 e. The van der Waals surface area contributed by atoms with Crippen molar-refractivity contribution in [2.45, 2.75) is 31.7 Å². The number of carbonyl (C=O) groups is 1. The minimum Gasteiger partial charge on any atom is -0.323 e. The largest absolute Gasteiger partial charge is 0.323 e. The minimum absolute atomic E-state index is 0.266. The highest BCUT2D eigenvalue weighted by Gasteiger charge is 2.27. The number of hydrogen-bond acceptors (Lipinski definition) is 3. The summed E-state index contributed by atoms with van der Waals surface area (Å²) in [5, 5.41) is 7.62. The molecule has 120 valence electrons. The van der Waals surface area contributed by atoms with E-state index in [-0.39, 0.29) is 16.5 Å². The second kappa shape index (κ2) is 6.34. The van der Waals surface area contributed by atoms with E-state index in [0.717, 1.165) is 18.5 Å².